The van der Waals surface area contributed by atoms with Crippen LogP contribution in [0.5, 0.6) is 0 Å². The van der Waals surface area contributed by atoms with Crippen molar-refractivity contribution < 1.29 is 18.0 Å². The summed E-state index contributed by atoms with van der Waals surface area (Å²) in [5.74, 6) is -0.117. The maximum Gasteiger partial charge on any atom is 0.433 e. The van der Waals surface area contributed by atoms with Gasteiger partial charge in [0.1, 0.15) is 12.4 Å². The van der Waals surface area contributed by atoms with E-state index < -0.39 is 11.9 Å². The number of anilines is 1. The van der Waals surface area contributed by atoms with Crippen molar-refractivity contribution in [2.45, 2.75) is 13.1 Å². The number of hydrogen-bond donors (Lipinski definition) is 0. The molecule has 0 bridgehead atoms. The Morgan fingerprint density at radius 1 is 1.21 bits per heavy atom. The highest BCUT2D eigenvalue weighted by Gasteiger charge is 2.35. The largest absolute Gasteiger partial charge is 0.433 e. The molecule has 0 radical (unpaired) electrons. The summed E-state index contributed by atoms with van der Waals surface area (Å²) in [6, 6.07) is 3.94. The van der Waals surface area contributed by atoms with Crippen LogP contribution in [0.1, 0.15) is 12.6 Å². The lowest BCUT2D eigenvalue weighted by Crippen LogP contribution is -2.27. The summed E-state index contributed by atoms with van der Waals surface area (Å²) < 4.78 is 39.5. The van der Waals surface area contributed by atoms with Crippen LogP contribution < -0.4 is 4.90 Å². The summed E-state index contributed by atoms with van der Waals surface area (Å²) in [4.78, 5) is 26.5. The van der Waals surface area contributed by atoms with Gasteiger partial charge in [0.15, 0.2) is 11.5 Å². The molecular formula is C15H14F3N5O. The van der Waals surface area contributed by atoms with Gasteiger partial charge in [-0.3, -0.25) is 9.78 Å². The van der Waals surface area contributed by atoms with Crippen molar-refractivity contribution in [1.82, 2.24) is 19.9 Å². The maximum atomic E-state index is 13.2. The van der Waals surface area contributed by atoms with E-state index in [1.807, 2.05) is 6.92 Å². The van der Waals surface area contributed by atoms with Crippen molar-refractivity contribution in [3.63, 3.8) is 0 Å². The molecule has 1 saturated heterocycles. The lowest BCUT2D eigenvalue weighted by Gasteiger charge is -2.19. The number of halogens is 3. The van der Waals surface area contributed by atoms with Crippen molar-refractivity contribution in [3.8, 4) is 11.4 Å². The first-order valence-electron chi connectivity index (χ1n) is 7.28. The fraction of sp³-hybridized carbons (Fsp3) is 0.333. The van der Waals surface area contributed by atoms with E-state index in [4.69, 9.17) is 0 Å². The van der Waals surface area contributed by atoms with Gasteiger partial charge >= 0.3 is 6.18 Å². The van der Waals surface area contributed by atoms with Crippen molar-refractivity contribution >= 4 is 11.7 Å². The first kappa shape index (κ1) is 16.2. The summed E-state index contributed by atoms with van der Waals surface area (Å²) >= 11 is 0. The monoisotopic (exact) mass is 337 g/mol. The van der Waals surface area contributed by atoms with Gasteiger partial charge in [0, 0.05) is 30.6 Å². The zero-order valence-electron chi connectivity index (χ0n) is 12.8. The topological polar surface area (TPSA) is 62.2 Å². The lowest BCUT2D eigenvalue weighted by atomic mass is 10.2. The van der Waals surface area contributed by atoms with Crippen LogP contribution >= 0.6 is 0 Å². The van der Waals surface area contributed by atoms with E-state index >= 15 is 0 Å². The van der Waals surface area contributed by atoms with Crippen LogP contribution in [-0.4, -0.2) is 45.5 Å². The summed E-state index contributed by atoms with van der Waals surface area (Å²) in [5, 5.41) is 0. The number of alkyl halides is 3. The molecule has 3 rings (SSSR count). The molecule has 2 aromatic rings. The van der Waals surface area contributed by atoms with Crippen LogP contribution in [-0.2, 0) is 11.0 Å². The molecular weight excluding hydrogens is 323 g/mol. The van der Waals surface area contributed by atoms with Crippen LogP contribution in [0.3, 0.4) is 0 Å². The molecule has 1 aliphatic heterocycles. The quantitative estimate of drug-likeness (QED) is 0.859. The minimum atomic E-state index is -4.60. The number of carbonyl (C=O) groups is 1. The summed E-state index contributed by atoms with van der Waals surface area (Å²) in [7, 11) is 0. The summed E-state index contributed by atoms with van der Waals surface area (Å²) in [6.45, 7) is 2.51. The second-order valence-corrected chi connectivity index (χ2v) is 5.26. The molecule has 0 unspecified atom stereocenters. The zero-order valence-corrected chi connectivity index (χ0v) is 12.8. The van der Waals surface area contributed by atoms with Crippen LogP contribution in [0.2, 0.25) is 0 Å². The third-order valence-electron chi connectivity index (χ3n) is 3.67. The highest BCUT2D eigenvalue weighted by molar-refractivity contribution is 5.84. The molecule has 0 aliphatic carbocycles. The molecule has 0 N–H and O–H groups in total. The maximum absolute atomic E-state index is 13.2. The predicted octanol–water partition coefficient (Wildman–Crippen LogP) is 2.18. The minimum absolute atomic E-state index is 0.00205. The number of amides is 1. The minimum Gasteiger partial charge on any atom is -0.329 e. The number of nitrogens with zero attached hydrogens (tertiary/aromatic N) is 5. The Labute approximate surface area is 136 Å². The fourth-order valence-electron chi connectivity index (χ4n) is 2.40. The molecule has 1 aliphatic rings. The van der Waals surface area contributed by atoms with Gasteiger partial charge in [-0.05, 0) is 19.1 Å². The second kappa shape index (κ2) is 6.06. The summed E-state index contributed by atoms with van der Waals surface area (Å²) in [6.07, 6.45) is -1.69. The second-order valence-electron chi connectivity index (χ2n) is 5.26. The summed E-state index contributed by atoms with van der Waals surface area (Å²) in [5.41, 5.74) is -0.614. The molecule has 0 aromatic carbocycles. The van der Waals surface area contributed by atoms with Crippen LogP contribution in [0.4, 0.5) is 19.0 Å². The molecule has 3 heterocycles. The third-order valence-corrected chi connectivity index (χ3v) is 3.67. The number of rotatable bonds is 3. The van der Waals surface area contributed by atoms with Crippen LogP contribution in [0, 0.1) is 0 Å². The molecule has 0 saturated carbocycles. The molecule has 24 heavy (non-hydrogen) atoms. The fourth-order valence-corrected chi connectivity index (χ4v) is 2.40. The Hall–Kier alpha value is -2.71. The van der Waals surface area contributed by atoms with Gasteiger partial charge in [-0.2, -0.15) is 13.2 Å². The van der Waals surface area contributed by atoms with Crippen molar-refractivity contribution in [1.29, 1.82) is 0 Å². The van der Waals surface area contributed by atoms with E-state index in [9.17, 15) is 18.0 Å². The van der Waals surface area contributed by atoms with E-state index in [0.717, 1.165) is 6.07 Å². The van der Waals surface area contributed by atoms with Crippen LogP contribution in [0.25, 0.3) is 11.4 Å². The molecule has 1 amide bonds. The number of likely N-dealkylation sites (N-methyl/N-ethyl adjacent to an activating group) is 1. The number of pyridine rings is 1. The lowest BCUT2D eigenvalue weighted by molar-refractivity contribution is -0.141. The highest BCUT2D eigenvalue weighted by Crippen LogP contribution is 2.32. The highest BCUT2D eigenvalue weighted by atomic mass is 19.4. The number of aromatic nitrogens is 3. The smallest absolute Gasteiger partial charge is 0.329 e. The molecule has 0 atom stereocenters. The van der Waals surface area contributed by atoms with Gasteiger partial charge in [-0.1, -0.05) is 0 Å². The molecule has 9 heteroatoms. The zero-order chi connectivity index (χ0) is 17.3. The van der Waals surface area contributed by atoms with Gasteiger partial charge < -0.3 is 9.80 Å². The standard InChI is InChI=1S/C15H14F3N5O/c1-2-22-9-23(8-13(22)24)12-7-11(15(16,17)18)20-14(21-12)10-3-5-19-6-4-10/h3-7H,2,8-9H2,1H3. The van der Waals surface area contributed by atoms with E-state index in [0.29, 0.717) is 12.1 Å². The Morgan fingerprint density at radius 3 is 2.50 bits per heavy atom. The first-order valence-corrected chi connectivity index (χ1v) is 7.28. The van der Waals surface area contributed by atoms with Crippen molar-refractivity contribution in [3.05, 3.63) is 36.3 Å². The van der Waals surface area contributed by atoms with Gasteiger partial charge in [0.2, 0.25) is 5.91 Å². The normalized spacial score (nSPS) is 15.2. The van der Waals surface area contributed by atoms with Crippen LogP contribution in [0.15, 0.2) is 30.6 Å². The van der Waals surface area contributed by atoms with Crippen molar-refractivity contribution in [2.24, 2.45) is 0 Å². The number of carbonyl (C=O) groups excluding carboxylic acids is 1. The van der Waals surface area contributed by atoms with Crippen molar-refractivity contribution in [2.75, 3.05) is 24.7 Å². The Bertz CT molecular complexity index is 751. The number of hydrogen-bond acceptors (Lipinski definition) is 5. The Balaban J connectivity index is 2.05. The SMILES string of the molecule is CCN1CN(c2cc(C(F)(F)F)nc(-c3ccncc3)n2)CC1=O. The third kappa shape index (κ3) is 3.15. The van der Waals surface area contributed by atoms with E-state index in [2.05, 4.69) is 15.0 Å². The predicted molar refractivity (Wildman–Crippen MR) is 79.9 cm³/mol. The van der Waals surface area contributed by atoms with Gasteiger partial charge in [0.25, 0.3) is 0 Å². The average Bonchev–Trinajstić information content (AvgIpc) is 2.95. The van der Waals surface area contributed by atoms with E-state index in [1.54, 1.807) is 4.90 Å². The Kier molecular flexibility index (Phi) is 4.08. The first-order chi connectivity index (χ1) is 11.4. The van der Waals surface area contributed by atoms with Gasteiger partial charge in [-0.25, -0.2) is 9.97 Å². The molecule has 2 aromatic heterocycles. The molecule has 1 fully saturated rings. The average molecular weight is 337 g/mol. The molecule has 0 spiro atoms. The van der Waals surface area contributed by atoms with E-state index in [1.165, 1.54) is 29.4 Å². The van der Waals surface area contributed by atoms with Gasteiger partial charge in [0.05, 0.1) is 6.67 Å². The Morgan fingerprint density at radius 2 is 1.92 bits per heavy atom. The van der Waals surface area contributed by atoms with E-state index in [-0.39, 0.29) is 30.8 Å². The van der Waals surface area contributed by atoms with Gasteiger partial charge in [-0.15, -0.1) is 0 Å². The molecule has 6 nitrogen and oxygen atoms in total. The molecule has 126 valence electrons.